The Balaban J connectivity index is 1.64. The second-order valence-electron chi connectivity index (χ2n) is 11.2. The number of nitrogens with zero attached hydrogens (tertiary/aromatic N) is 1. The number of ketones is 1. The minimum Gasteiger partial charge on any atom is -0.457 e. The fourth-order valence-corrected chi connectivity index (χ4v) is 6.15. The van der Waals surface area contributed by atoms with Crippen LogP contribution in [-0.2, 0) is 14.3 Å². The second-order valence-corrected chi connectivity index (χ2v) is 12.4. The smallest absolute Gasteiger partial charge is 0.309 e. The van der Waals surface area contributed by atoms with Crippen LogP contribution in [0, 0.1) is 24.2 Å². The number of aryl methyl sites for hydroxylation is 1. The van der Waals surface area contributed by atoms with Gasteiger partial charge in [0.15, 0.2) is 0 Å². The Morgan fingerprint density at radius 3 is 2.58 bits per heavy atom. The maximum Gasteiger partial charge on any atom is 0.309 e. The first-order valence-corrected chi connectivity index (χ1v) is 13.6. The van der Waals surface area contributed by atoms with Crippen molar-refractivity contribution in [1.29, 1.82) is 0 Å². The number of thiazole rings is 1. The quantitative estimate of drug-likeness (QED) is 0.296. The normalized spacial score (nSPS) is 34.1. The number of carbonyl (C=O) groups is 2. The Bertz CT molecular complexity index is 1170. The van der Waals surface area contributed by atoms with E-state index in [1.165, 1.54) is 5.57 Å². The highest BCUT2D eigenvalue weighted by atomic mass is 32.1. The summed E-state index contributed by atoms with van der Waals surface area (Å²) in [6, 6.07) is 6.29. The van der Waals surface area contributed by atoms with Gasteiger partial charge in [0.05, 0.1) is 39.3 Å². The van der Waals surface area contributed by atoms with Gasteiger partial charge in [-0.2, -0.15) is 0 Å². The number of aliphatic hydroxyl groups is 2. The lowest BCUT2D eigenvalue weighted by Crippen LogP contribution is -2.46. The monoisotopic (exact) mass is 514 g/mol. The molecule has 2 aromatic rings. The molecule has 2 unspecified atom stereocenters. The average Bonchev–Trinajstić information content (AvgIpc) is 3.48. The Hall–Kier alpha value is -2.13. The van der Waals surface area contributed by atoms with Crippen molar-refractivity contribution in [3.05, 3.63) is 40.4 Å². The fourth-order valence-electron chi connectivity index (χ4n) is 5.34. The van der Waals surface area contributed by atoms with Crippen LogP contribution in [0.25, 0.3) is 10.2 Å². The number of nitrogens with one attached hydrogen (secondary N) is 1. The first-order valence-electron chi connectivity index (χ1n) is 12.8. The highest BCUT2D eigenvalue weighted by molar-refractivity contribution is 7.18. The van der Waals surface area contributed by atoms with Gasteiger partial charge in [0.25, 0.3) is 0 Å². The highest BCUT2D eigenvalue weighted by Crippen LogP contribution is 2.36. The number of fused-ring (bicyclic) bond motifs is 2. The van der Waals surface area contributed by atoms with Gasteiger partial charge in [-0.3, -0.25) is 9.59 Å². The second kappa shape index (κ2) is 10.3. The molecule has 1 aromatic heterocycles. The zero-order valence-corrected chi connectivity index (χ0v) is 22.8. The molecule has 0 saturated carbocycles. The molecule has 1 fully saturated rings. The summed E-state index contributed by atoms with van der Waals surface area (Å²) >= 11 is 1.62. The topological polar surface area (TPSA) is 119 Å². The molecule has 0 bridgehead atoms. The molecule has 4 rings (SSSR count). The summed E-state index contributed by atoms with van der Waals surface area (Å²) in [6.45, 7) is 10.9. The van der Waals surface area contributed by atoms with Crippen LogP contribution in [0.2, 0.25) is 0 Å². The van der Waals surface area contributed by atoms with E-state index in [1.54, 1.807) is 32.1 Å². The van der Waals surface area contributed by atoms with Gasteiger partial charge in [-0.25, -0.2) is 4.98 Å². The number of carbonyl (C=O) groups excluding carboxylic acids is 2. The Morgan fingerprint density at radius 2 is 1.86 bits per heavy atom. The van der Waals surface area contributed by atoms with Crippen LogP contribution in [0.1, 0.15) is 70.6 Å². The maximum atomic E-state index is 13.3. The number of benzene rings is 1. The van der Waals surface area contributed by atoms with Crippen molar-refractivity contribution in [2.45, 2.75) is 91.2 Å². The molecule has 0 aliphatic carbocycles. The van der Waals surface area contributed by atoms with Gasteiger partial charge in [0, 0.05) is 24.4 Å². The number of ether oxygens (including phenoxy) is 1. The number of Topliss-reactive ketones (excluding diaryl/α,β-unsaturated/α-hetero) is 1. The molecule has 0 radical (unpaired) electrons. The van der Waals surface area contributed by atoms with Crippen molar-refractivity contribution in [3.63, 3.8) is 0 Å². The van der Waals surface area contributed by atoms with Crippen LogP contribution in [0.15, 0.2) is 29.8 Å². The summed E-state index contributed by atoms with van der Waals surface area (Å²) < 4.78 is 6.98. The van der Waals surface area contributed by atoms with Gasteiger partial charge in [0.2, 0.25) is 0 Å². The molecule has 3 N–H and O–H groups in total. The van der Waals surface area contributed by atoms with E-state index in [0.29, 0.717) is 6.42 Å². The molecular weight excluding hydrogens is 476 g/mol. The molecule has 8 heteroatoms. The number of rotatable bonds is 1. The highest BCUT2D eigenvalue weighted by Gasteiger charge is 2.47. The van der Waals surface area contributed by atoms with Gasteiger partial charge < -0.3 is 20.3 Å². The third kappa shape index (κ3) is 5.57. The standard InChI is InChI=1S/C28H38N2O5S/c1-14-7-9-21(18-8-10-22-19(12-18)29-17(4)36-22)35-24(32)13-23(31)28(5,6)27(34)16(3)26(33)15(2)25-20(11-14)30-25/h7-8,10,12,15-16,20-21,23,25-26,30-31,33H,9,11,13H2,1-6H3/t15-,16+,20?,21-,23-,25?,26-/m0/s1. The van der Waals surface area contributed by atoms with Crippen LogP contribution in [0.4, 0.5) is 0 Å². The lowest BCUT2D eigenvalue weighted by Gasteiger charge is -2.34. The van der Waals surface area contributed by atoms with E-state index in [4.69, 9.17) is 4.74 Å². The summed E-state index contributed by atoms with van der Waals surface area (Å²) in [4.78, 5) is 30.9. The molecule has 1 saturated heterocycles. The van der Waals surface area contributed by atoms with Gasteiger partial charge in [-0.05, 0) is 43.9 Å². The molecule has 2 aliphatic heterocycles. The number of aliphatic hydroxyl groups excluding tert-OH is 2. The van der Waals surface area contributed by atoms with Gasteiger partial charge in [0.1, 0.15) is 11.9 Å². The average molecular weight is 515 g/mol. The van der Waals surface area contributed by atoms with Gasteiger partial charge >= 0.3 is 5.97 Å². The predicted octanol–water partition coefficient (Wildman–Crippen LogP) is 4.25. The van der Waals surface area contributed by atoms with Crippen molar-refractivity contribution in [3.8, 4) is 0 Å². The van der Waals surface area contributed by atoms with Crippen LogP contribution in [0.3, 0.4) is 0 Å². The van der Waals surface area contributed by atoms with Crippen LogP contribution < -0.4 is 5.32 Å². The van der Waals surface area contributed by atoms with E-state index in [1.807, 2.05) is 32.0 Å². The molecule has 7 nitrogen and oxygen atoms in total. The van der Waals surface area contributed by atoms with Crippen LogP contribution >= 0.6 is 11.3 Å². The summed E-state index contributed by atoms with van der Waals surface area (Å²) in [6.07, 6.45) is 0.510. The predicted molar refractivity (Wildman–Crippen MR) is 141 cm³/mol. The maximum absolute atomic E-state index is 13.3. The third-order valence-corrected chi connectivity index (χ3v) is 8.93. The van der Waals surface area contributed by atoms with Crippen LogP contribution in [-0.4, -0.2) is 51.2 Å². The summed E-state index contributed by atoms with van der Waals surface area (Å²) in [7, 11) is 0. The summed E-state index contributed by atoms with van der Waals surface area (Å²) in [5, 5.41) is 26.3. The van der Waals surface area contributed by atoms with E-state index < -0.39 is 35.6 Å². The number of aromatic nitrogens is 1. The van der Waals surface area contributed by atoms with Crippen molar-refractivity contribution < 1.29 is 24.5 Å². The Morgan fingerprint density at radius 1 is 1.14 bits per heavy atom. The van der Waals surface area contributed by atoms with E-state index >= 15 is 0 Å². The Kier molecular flexibility index (Phi) is 7.72. The fraction of sp³-hybridized carbons (Fsp3) is 0.607. The summed E-state index contributed by atoms with van der Waals surface area (Å²) in [5.74, 6) is -1.61. The first kappa shape index (κ1) is 26.9. The molecule has 2 aliphatic rings. The lowest BCUT2D eigenvalue weighted by atomic mass is 9.73. The minimum atomic E-state index is -1.23. The van der Waals surface area contributed by atoms with Gasteiger partial charge in [-0.15, -0.1) is 11.3 Å². The molecule has 0 spiro atoms. The van der Waals surface area contributed by atoms with E-state index in [0.717, 1.165) is 27.2 Å². The molecule has 3 heterocycles. The van der Waals surface area contributed by atoms with Crippen molar-refractivity contribution in [1.82, 2.24) is 10.3 Å². The first-order chi connectivity index (χ1) is 16.9. The molecule has 196 valence electrons. The zero-order chi connectivity index (χ0) is 26.4. The van der Waals surface area contributed by atoms with Crippen molar-refractivity contribution in [2.24, 2.45) is 17.3 Å². The van der Waals surface area contributed by atoms with Crippen molar-refractivity contribution in [2.75, 3.05) is 0 Å². The zero-order valence-electron chi connectivity index (χ0n) is 21.9. The molecule has 7 atom stereocenters. The number of cyclic esters (lactones) is 1. The van der Waals surface area contributed by atoms with Gasteiger partial charge in [-0.1, -0.05) is 45.4 Å². The summed E-state index contributed by atoms with van der Waals surface area (Å²) in [5.41, 5.74) is 1.68. The molecule has 1 aromatic carbocycles. The largest absolute Gasteiger partial charge is 0.457 e. The Labute approximate surface area is 217 Å². The third-order valence-electron chi connectivity index (χ3n) is 7.98. The SMILES string of the molecule is CC1=CC[C@@H](c2ccc3sc(C)nc3c2)OC(=O)C[C@H](O)C(C)(C)C(=O)[C@H](C)[C@@H](O)[C@@H](C)C2NC2C1. The minimum absolute atomic E-state index is 0.117. The molecular formula is C28H38N2O5S. The molecule has 36 heavy (non-hydrogen) atoms. The number of hydrogen-bond acceptors (Lipinski definition) is 8. The number of esters is 1. The van der Waals surface area contributed by atoms with Crippen LogP contribution in [0.5, 0.6) is 0 Å². The number of hydrogen-bond donors (Lipinski definition) is 3. The molecule has 0 amide bonds. The van der Waals surface area contributed by atoms with E-state index in [-0.39, 0.29) is 30.2 Å². The van der Waals surface area contributed by atoms with Crippen molar-refractivity contribution >= 4 is 33.3 Å². The van der Waals surface area contributed by atoms with E-state index in [9.17, 15) is 19.8 Å². The van der Waals surface area contributed by atoms with E-state index in [2.05, 4.69) is 23.3 Å². The lowest BCUT2D eigenvalue weighted by molar-refractivity contribution is -0.155.